The fraction of sp³-hybridized carbons (Fsp3) is 0.417. The van der Waals surface area contributed by atoms with Crippen LogP contribution in [0.5, 0.6) is 0 Å². The molecule has 0 aliphatic rings. The van der Waals surface area contributed by atoms with E-state index in [1.807, 2.05) is 0 Å². The van der Waals surface area contributed by atoms with Crippen molar-refractivity contribution in [3.63, 3.8) is 0 Å². The van der Waals surface area contributed by atoms with E-state index in [-0.39, 0.29) is 18.1 Å². The molecule has 0 radical (unpaired) electrons. The van der Waals surface area contributed by atoms with Gasteiger partial charge in [-0.25, -0.2) is 13.8 Å². The highest BCUT2D eigenvalue weighted by molar-refractivity contribution is 5.92. The van der Waals surface area contributed by atoms with Crippen molar-refractivity contribution >= 4 is 5.91 Å². The molecular weight excluding hydrogens is 268 g/mol. The van der Waals surface area contributed by atoms with E-state index in [1.165, 1.54) is 21.7 Å². The number of halogens is 2. The number of alkyl halides is 2. The van der Waals surface area contributed by atoms with Crippen LogP contribution >= 0.6 is 0 Å². The summed E-state index contributed by atoms with van der Waals surface area (Å²) in [5, 5.41) is 6.62. The van der Waals surface area contributed by atoms with Crippen LogP contribution in [-0.4, -0.2) is 44.0 Å². The first-order valence-electron chi connectivity index (χ1n) is 6.04. The molecule has 0 fully saturated rings. The highest BCUT2D eigenvalue weighted by Gasteiger charge is 2.18. The van der Waals surface area contributed by atoms with E-state index in [0.717, 1.165) is 0 Å². The molecule has 6 nitrogen and oxygen atoms in total. The third-order valence-electron chi connectivity index (χ3n) is 2.75. The SMILES string of the molecule is Cc1nc(CN(C)C(=O)c2cccn2CC(F)F)n[nH]1. The van der Waals surface area contributed by atoms with E-state index in [4.69, 9.17) is 0 Å². The molecule has 2 aromatic rings. The fourth-order valence-corrected chi connectivity index (χ4v) is 1.86. The molecular formula is C12H15F2N5O. The van der Waals surface area contributed by atoms with Gasteiger partial charge in [-0.15, -0.1) is 0 Å². The van der Waals surface area contributed by atoms with Crippen LogP contribution in [0.25, 0.3) is 0 Å². The summed E-state index contributed by atoms with van der Waals surface area (Å²) in [7, 11) is 1.58. The van der Waals surface area contributed by atoms with Gasteiger partial charge in [-0.2, -0.15) is 5.10 Å². The number of carbonyl (C=O) groups excluding carboxylic acids is 1. The lowest BCUT2D eigenvalue weighted by Crippen LogP contribution is -2.29. The fourth-order valence-electron chi connectivity index (χ4n) is 1.86. The molecule has 0 aromatic carbocycles. The molecule has 0 aliphatic heterocycles. The zero-order valence-corrected chi connectivity index (χ0v) is 11.2. The van der Waals surface area contributed by atoms with Crippen LogP contribution < -0.4 is 0 Å². The number of hydrogen-bond acceptors (Lipinski definition) is 3. The molecule has 2 aromatic heterocycles. The standard InChI is InChI=1S/C12H15F2N5O/c1-8-15-11(17-16-8)7-18(2)12(20)9-4-3-5-19(9)6-10(13)14/h3-5,10H,6-7H2,1-2H3,(H,15,16,17). The topological polar surface area (TPSA) is 66.8 Å². The van der Waals surface area contributed by atoms with Crippen molar-refractivity contribution < 1.29 is 13.6 Å². The Morgan fingerprint density at radius 2 is 2.30 bits per heavy atom. The van der Waals surface area contributed by atoms with Gasteiger partial charge in [0.05, 0.1) is 13.1 Å². The minimum atomic E-state index is -2.50. The molecule has 1 amide bonds. The van der Waals surface area contributed by atoms with Crippen LogP contribution in [0.2, 0.25) is 0 Å². The Labute approximate surface area is 114 Å². The zero-order chi connectivity index (χ0) is 14.7. The summed E-state index contributed by atoms with van der Waals surface area (Å²) in [6, 6.07) is 3.09. The van der Waals surface area contributed by atoms with Crippen molar-refractivity contribution in [3.05, 3.63) is 35.7 Å². The number of carbonyl (C=O) groups is 1. The minimum absolute atomic E-state index is 0.211. The van der Waals surface area contributed by atoms with Crippen LogP contribution in [0.15, 0.2) is 18.3 Å². The van der Waals surface area contributed by atoms with Gasteiger partial charge in [-0.3, -0.25) is 9.89 Å². The first kappa shape index (κ1) is 14.2. The van der Waals surface area contributed by atoms with Crippen molar-refractivity contribution in [1.82, 2.24) is 24.6 Å². The smallest absolute Gasteiger partial charge is 0.270 e. The number of aryl methyl sites for hydroxylation is 1. The van der Waals surface area contributed by atoms with Crippen LogP contribution in [-0.2, 0) is 13.1 Å². The van der Waals surface area contributed by atoms with Gasteiger partial charge in [0.2, 0.25) is 0 Å². The molecule has 8 heteroatoms. The maximum atomic E-state index is 12.4. The molecule has 2 heterocycles. The van der Waals surface area contributed by atoms with E-state index in [2.05, 4.69) is 15.2 Å². The van der Waals surface area contributed by atoms with Crippen molar-refractivity contribution in [3.8, 4) is 0 Å². The normalized spacial score (nSPS) is 11.1. The Bertz CT molecular complexity index is 592. The molecule has 0 bridgehead atoms. The summed E-state index contributed by atoms with van der Waals surface area (Å²) in [4.78, 5) is 17.7. The first-order valence-corrected chi connectivity index (χ1v) is 6.04. The molecule has 0 spiro atoms. The highest BCUT2D eigenvalue weighted by atomic mass is 19.3. The second kappa shape index (κ2) is 5.81. The first-order chi connectivity index (χ1) is 9.47. The number of aromatic nitrogens is 4. The van der Waals surface area contributed by atoms with E-state index in [1.54, 1.807) is 20.0 Å². The van der Waals surface area contributed by atoms with Crippen molar-refractivity contribution in [2.24, 2.45) is 0 Å². The lowest BCUT2D eigenvalue weighted by Gasteiger charge is -2.16. The number of nitrogens with one attached hydrogen (secondary N) is 1. The Hall–Kier alpha value is -2.25. The summed E-state index contributed by atoms with van der Waals surface area (Å²) in [6.07, 6.45) is -1.04. The summed E-state index contributed by atoms with van der Waals surface area (Å²) in [5.41, 5.74) is 0.222. The number of nitrogens with zero attached hydrogens (tertiary/aromatic N) is 4. The van der Waals surface area contributed by atoms with Crippen molar-refractivity contribution in [2.45, 2.75) is 26.4 Å². The maximum Gasteiger partial charge on any atom is 0.270 e. The van der Waals surface area contributed by atoms with Gasteiger partial charge < -0.3 is 9.47 Å². The average Bonchev–Trinajstić information content (AvgIpc) is 2.97. The Morgan fingerprint density at radius 1 is 1.55 bits per heavy atom. The van der Waals surface area contributed by atoms with Gasteiger partial charge in [-0.1, -0.05) is 0 Å². The molecule has 0 unspecified atom stereocenters. The van der Waals surface area contributed by atoms with E-state index in [9.17, 15) is 13.6 Å². The molecule has 2 rings (SSSR count). The molecule has 20 heavy (non-hydrogen) atoms. The number of rotatable bonds is 5. The molecule has 0 atom stereocenters. The predicted molar refractivity (Wildman–Crippen MR) is 67.4 cm³/mol. The molecule has 0 aliphatic carbocycles. The van der Waals surface area contributed by atoms with Crippen LogP contribution in [0.3, 0.4) is 0 Å². The van der Waals surface area contributed by atoms with Gasteiger partial charge in [-0.05, 0) is 19.1 Å². The summed E-state index contributed by atoms with van der Waals surface area (Å²) < 4.78 is 26.1. The average molecular weight is 283 g/mol. The summed E-state index contributed by atoms with van der Waals surface area (Å²) in [5.74, 6) is 0.783. The third-order valence-corrected chi connectivity index (χ3v) is 2.75. The van der Waals surface area contributed by atoms with E-state index >= 15 is 0 Å². The Kier molecular flexibility index (Phi) is 4.11. The molecule has 108 valence electrons. The van der Waals surface area contributed by atoms with Crippen LogP contribution in [0, 0.1) is 6.92 Å². The molecule has 1 N–H and O–H groups in total. The summed E-state index contributed by atoms with van der Waals surface area (Å²) >= 11 is 0. The van der Waals surface area contributed by atoms with Crippen molar-refractivity contribution in [2.75, 3.05) is 7.05 Å². The van der Waals surface area contributed by atoms with Crippen LogP contribution in [0.1, 0.15) is 22.1 Å². The molecule has 0 saturated heterocycles. The monoisotopic (exact) mass is 283 g/mol. The third kappa shape index (κ3) is 3.19. The number of hydrogen-bond donors (Lipinski definition) is 1. The van der Waals surface area contributed by atoms with Crippen molar-refractivity contribution in [1.29, 1.82) is 0 Å². The van der Waals surface area contributed by atoms with Gasteiger partial charge in [0.15, 0.2) is 5.82 Å². The quantitative estimate of drug-likeness (QED) is 0.903. The Balaban J connectivity index is 2.08. The molecule has 0 saturated carbocycles. The van der Waals surface area contributed by atoms with E-state index < -0.39 is 13.0 Å². The number of amides is 1. The Morgan fingerprint density at radius 3 is 2.90 bits per heavy atom. The number of aromatic amines is 1. The summed E-state index contributed by atoms with van der Waals surface area (Å²) in [6.45, 7) is 1.47. The van der Waals surface area contributed by atoms with Crippen LogP contribution in [0.4, 0.5) is 8.78 Å². The van der Waals surface area contributed by atoms with Gasteiger partial charge in [0.25, 0.3) is 12.3 Å². The van der Waals surface area contributed by atoms with Gasteiger partial charge in [0, 0.05) is 13.2 Å². The van der Waals surface area contributed by atoms with Gasteiger partial charge >= 0.3 is 0 Å². The predicted octanol–water partition coefficient (Wildman–Crippen LogP) is 1.45. The second-order valence-corrected chi connectivity index (χ2v) is 4.44. The van der Waals surface area contributed by atoms with E-state index in [0.29, 0.717) is 11.6 Å². The zero-order valence-electron chi connectivity index (χ0n) is 11.2. The lowest BCUT2D eigenvalue weighted by atomic mass is 10.3. The number of H-pyrrole nitrogens is 1. The largest absolute Gasteiger partial charge is 0.338 e. The second-order valence-electron chi connectivity index (χ2n) is 4.44. The van der Waals surface area contributed by atoms with Gasteiger partial charge in [0.1, 0.15) is 11.5 Å². The highest BCUT2D eigenvalue weighted by Crippen LogP contribution is 2.10. The lowest BCUT2D eigenvalue weighted by molar-refractivity contribution is 0.0760. The minimum Gasteiger partial charge on any atom is -0.338 e. The maximum absolute atomic E-state index is 12.4.